The lowest BCUT2D eigenvalue weighted by atomic mass is 10.3. The van der Waals surface area contributed by atoms with Gasteiger partial charge in [0.15, 0.2) is 5.82 Å². The standard InChI is InChI=1S/C11H18ClN3O3/c1-3-18-7-11-14-9(12)4-10(15-11)13-8(5-16)6-17-2/h4,8,16H,3,5-7H2,1-2H3,(H,13,14,15). The van der Waals surface area contributed by atoms with E-state index in [0.29, 0.717) is 36.6 Å². The number of rotatable bonds is 8. The molecule has 0 aliphatic rings. The molecule has 102 valence electrons. The van der Waals surface area contributed by atoms with Gasteiger partial charge in [-0.15, -0.1) is 0 Å². The molecule has 0 bridgehead atoms. The molecule has 6 nitrogen and oxygen atoms in total. The van der Waals surface area contributed by atoms with E-state index in [4.69, 9.17) is 26.2 Å². The third-order valence-corrected chi connectivity index (χ3v) is 2.31. The van der Waals surface area contributed by atoms with E-state index in [1.54, 1.807) is 13.2 Å². The maximum absolute atomic E-state index is 9.15. The van der Waals surface area contributed by atoms with Gasteiger partial charge in [0.2, 0.25) is 0 Å². The second-order valence-corrected chi connectivity index (χ2v) is 4.00. The van der Waals surface area contributed by atoms with Gasteiger partial charge in [0.05, 0.1) is 19.3 Å². The number of anilines is 1. The minimum Gasteiger partial charge on any atom is -0.394 e. The summed E-state index contributed by atoms with van der Waals surface area (Å²) in [6.45, 7) is 3.10. The van der Waals surface area contributed by atoms with Crippen LogP contribution in [0.4, 0.5) is 5.82 Å². The maximum atomic E-state index is 9.15. The number of nitrogens with zero attached hydrogens (tertiary/aromatic N) is 2. The van der Waals surface area contributed by atoms with E-state index in [2.05, 4.69) is 15.3 Å². The van der Waals surface area contributed by atoms with Gasteiger partial charge in [0, 0.05) is 19.8 Å². The number of halogens is 1. The van der Waals surface area contributed by atoms with Crippen molar-refractivity contribution in [2.24, 2.45) is 0 Å². The van der Waals surface area contributed by atoms with E-state index in [-0.39, 0.29) is 12.6 Å². The average Bonchev–Trinajstić information content (AvgIpc) is 2.35. The third-order valence-electron chi connectivity index (χ3n) is 2.12. The first-order valence-electron chi connectivity index (χ1n) is 5.67. The molecule has 1 rings (SSSR count). The Morgan fingerprint density at radius 3 is 2.89 bits per heavy atom. The molecule has 0 aromatic carbocycles. The fourth-order valence-corrected chi connectivity index (χ4v) is 1.55. The normalized spacial score (nSPS) is 12.4. The smallest absolute Gasteiger partial charge is 0.158 e. The Bertz CT molecular complexity index is 365. The van der Waals surface area contributed by atoms with Crippen LogP contribution in [0, 0.1) is 0 Å². The van der Waals surface area contributed by atoms with Crippen molar-refractivity contribution in [1.82, 2.24) is 9.97 Å². The molecule has 1 aromatic rings. The maximum Gasteiger partial charge on any atom is 0.158 e. The summed E-state index contributed by atoms with van der Waals surface area (Å²) < 4.78 is 10.2. The van der Waals surface area contributed by atoms with Gasteiger partial charge < -0.3 is 19.9 Å². The Balaban J connectivity index is 2.71. The first kappa shape index (κ1) is 15.1. The van der Waals surface area contributed by atoms with E-state index in [0.717, 1.165) is 0 Å². The molecule has 0 radical (unpaired) electrons. The van der Waals surface area contributed by atoms with Gasteiger partial charge in [-0.3, -0.25) is 0 Å². The van der Waals surface area contributed by atoms with Crippen molar-refractivity contribution >= 4 is 17.4 Å². The molecule has 1 heterocycles. The molecule has 0 aliphatic heterocycles. The summed E-state index contributed by atoms with van der Waals surface area (Å²) in [6, 6.07) is 1.36. The molecule has 0 amide bonds. The quantitative estimate of drug-likeness (QED) is 0.692. The largest absolute Gasteiger partial charge is 0.394 e. The summed E-state index contributed by atoms with van der Waals surface area (Å²) in [7, 11) is 1.57. The van der Waals surface area contributed by atoms with E-state index in [9.17, 15) is 0 Å². The highest BCUT2D eigenvalue weighted by Crippen LogP contribution is 2.13. The number of hydrogen-bond donors (Lipinski definition) is 2. The molecular formula is C11H18ClN3O3. The van der Waals surface area contributed by atoms with Gasteiger partial charge in [0.25, 0.3) is 0 Å². The van der Waals surface area contributed by atoms with Gasteiger partial charge in [-0.25, -0.2) is 9.97 Å². The Morgan fingerprint density at radius 2 is 2.28 bits per heavy atom. The van der Waals surface area contributed by atoms with Crippen molar-refractivity contribution in [2.45, 2.75) is 19.6 Å². The average molecular weight is 276 g/mol. The molecule has 18 heavy (non-hydrogen) atoms. The van der Waals surface area contributed by atoms with Crippen LogP contribution in [0.15, 0.2) is 6.07 Å². The van der Waals surface area contributed by atoms with E-state index < -0.39 is 0 Å². The molecule has 0 spiro atoms. The SMILES string of the molecule is CCOCc1nc(Cl)cc(NC(CO)COC)n1. The molecule has 1 atom stereocenters. The van der Waals surface area contributed by atoms with Crippen LogP contribution in [0.5, 0.6) is 0 Å². The van der Waals surface area contributed by atoms with Crippen molar-refractivity contribution in [3.8, 4) is 0 Å². The van der Waals surface area contributed by atoms with Crippen molar-refractivity contribution in [3.05, 3.63) is 17.0 Å². The topological polar surface area (TPSA) is 76.5 Å². The highest BCUT2D eigenvalue weighted by Gasteiger charge is 2.09. The molecule has 0 fully saturated rings. The lowest BCUT2D eigenvalue weighted by Gasteiger charge is -2.16. The number of aliphatic hydroxyl groups excluding tert-OH is 1. The lowest BCUT2D eigenvalue weighted by Crippen LogP contribution is -2.29. The third kappa shape index (κ3) is 5.14. The first-order chi connectivity index (χ1) is 8.69. The van der Waals surface area contributed by atoms with Crippen molar-refractivity contribution < 1.29 is 14.6 Å². The Kier molecular flexibility index (Phi) is 6.89. The molecule has 7 heteroatoms. The Labute approximate surface area is 111 Å². The van der Waals surface area contributed by atoms with E-state index in [1.165, 1.54) is 0 Å². The zero-order chi connectivity index (χ0) is 13.4. The van der Waals surface area contributed by atoms with Gasteiger partial charge in [-0.05, 0) is 6.92 Å². The summed E-state index contributed by atoms with van der Waals surface area (Å²) >= 11 is 5.89. The summed E-state index contributed by atoms with van der Waals surface area (Å²) in [4.78, 5) is 8.29. The van der Waals surface area contributed by atoms with Crippen LogP contribution in [-0.2, 0) is 16.1 Å². The predicted octanol–water partition coefficient (Wildman–Crippen LogP) is 1.09. The van der Waals surface area contributed by atoms with E-state index in [1.807, 2.05) is 6.92 Å². The molecule has 0 saturated carbocycles. The number of hydrogen-bond acceptors (Lipinski definition) is 6. The van der Waals surface area contributed by atoms with E-state index >= 15 is 0 Å². The minimum absolute atomic E-state index is 0.0593. The highest BCUT2D eigenvalue weighted by atomic mass is 35.5. The lowest BCUT2D eigenvalue weighted by molar-refractivity contribution is 0.128. The van der Waals surface area contributed by atoms with Gasteiger partial charge >= 0.3 is 0 Å². The number of nitrogens with one attached hydrogen (secondary N) is 1. The Morgan fingerprint density at radius 1 is 1.50 bits per heavy atom. The summed E-state index contributed by atoms with van der Waals surface area (Å²) in [5.74, 6) is 1.04. The van der Waals surface area contributed by atoms with Crippen LogP contribution in [0.3, 0.4) is 0 Å². The van der Waals surface area contributed by atoms with Gasteiger partial charge in [0.1, 0.15) is 17.6 Å². The minimum atomic E-state index is -0.235. The first-order valence-corrected chi connectivity index (χ1v) is 6.05. The zero-order valence-corrected chi connectivity index (χ0v) is 11.3. The highest BCUT2D eigenvalue weighted by molar-refractivity contribution is 6.29. The van der Waals surface area contributed by atoms with Crippen molar-refractivity contribution in [3.63, 3.8) is 0 Å². The number of methoxy groups -OCH3 is 1. The Hall–Kier alpha value is -0.950. The second-order valence-electron chi connectivity index (χ2n) is 3.61. The fourth-order valence-electron chi connectivity index (χ4n) is 1.35. The predicted molar refractivity (Wildman–Crippen MR) is 68.7 cm³/mol. The zero-order valence-electron chi connectivity index (χ0n) is 10.5. The van der Waals surface area contributed by atoms with Crippen LogP contribution in [0.25, 0.3) is 0 Å². The number of aliphatic hydroxyl groups is 1. The summed E-state index contributed by atoms with van der Waals surface area (Å²) in [5.41, 5.74) is 0. The molecule has 0 saturated heterocycles. The molecule has 0 aliphatic carbocycles. The van der Waals surface area contributed by atoms with Crippen LogP contribution < -0.4 is 5.32 Å². The van der Waals surface area contributed by atoms with Gasteiger partial charge in [-0.2, -0.15) is 0 Å². The molecule has 2 N–H and O–H groups in total. The number of aromatic nitrogens is 2. The van der Waals surface area contributed by atoms with Crippen LogP contribution >= 0.6 is 11.6 Å². The van der Waals surface area contributed by atoms with Crippen molar-refractivity contribution in [2.75, 3.05) is 32.2 Å². The molecule has 1 unspecified atom stereocenters. The van der Waals surface area contributed by atoms with Crippen LogP contribution in [-0.4, -0.2) is 48.0 Å². The second kappa shape index (κ2) is 8.20. The monoisotopic (exact) mass is 275 g/mol. The summed E-state index contributed by atoms with van der Waals surface area (Å²) in [6.07, 6.45) is 0. The fraction of sp³-hybridized carbons (Fsp3) is 0.636. The van der Waals surface area contributed by atoms with Crippen molar-refractivity contribution in [1.29, 1.82) is 0 Å². The number of ether oxygens (including phenoxy) is 2. The van der Waals surface area contributed by atoms with Crippen LogP contribution in [0.2, 0.25) is 5.15 Å². The van der Waals surface area contributed by atoms with Gasteiger partial charge in [-0.1, -0.05) is 11.6 Å². The van der Waals surface area contributed by atoms with Crippen LogP contribution in [0.1, 0.15) is 12.7 Å². The molecule has 1 aromatic heterocycles. The molecular weight excluding hydrogens is 258 g/mol. The summed E-state index contributed by atoms with van der Waals surface area (Å²) in [5, 5.41) is 12.5.